The number of carbonyl (C=O) groups excluding carboxylic acids is 1. The predicted molar refractivity (Wildman–Crippen MR) is 88.7 cm³/mol. The highest BCUT2D eigenvalue weighted by Crippen LogP contribution is 2.32. The van der Waals surface area contributed by atoms with E-state index in [1.165, 1.54) is 17.7 Å². The molecule has 3 aliphatic rings. The summed E-state index contributed by atoms with van der Waals surface area (Å²) < 4.78 is 26.9. The van der Waals surface area contributed by atoms with E-state index in [9.17, 15) is 13.6 Å². The first-order valence-corrected chi connectivity index (χ1v) is 8.49. The van der Waals surface area contributed by atoms with E-state index in [1.807, 2.05) is 11.0 Å². The molecule has 2 heterocycles. The maximum atomic E-state index is 13.9. The Bertz CT molecular complexity index is 814. The lowest BCUT2D eigenvalue weighted by atomic mass is 10.0. The Morgan fingerprint density at radius 1 is 1.32 bits per heavy atom. The highest BCUT2D eigenvalue weighted by atomic mass is 19.1. The molecule has 25 heavy (non-hydrogen) atoms. The van der Waals surface area contributed by atoms with Crippen LogP contribution in [-0.2, 0) is 9.63 Å². The van der Waals surface area contributed by atoms with E-state index in [4.69, 9.17) is 4.84 Å². The highest BCUT2D eigenvalue weighted by Gasteiger charge is 2.32. The van der Waals surface area contributed by atoms with Crippen LogP contribution in [0.3, 0.4) is 0 Å². The van der Waals surface area contributed by atoms with E-state index in [-0.39, 0.29) is 17.9 Å². The van der Waals surface area contributed by atoms with Gasteiger partial charge in [-0.15, -0.1) is 0 Å². The lowest BCUT2D eigenvalue weighted by Crippen LogP contribution is -2.30. The van der Waals surface area contributed by atoms with Crippen LogP contribution in [0.1, 0.15) is 37.7 Å². The number of amides is 1. The SMILES string of the molecule is O=C(C[C@H]1CC(c2ccc(F)cc2F)=NO1)N1CCC2=C1C=CCC2. The fraction of sp³-hybridized carbons (Fsp3) is 0.368. The van der Waals surface area contributed by atoms with Crippen LogP contribution in [-0.4, -0.2) is 29.2 Å². The Kier molecular flexibility index (Phi) is 4.11. The number of halogens is 2. The number of carbonyl (C=O) groups is 1. The normalized spacial score (nSPS) is 22.1. The van der Waals surface area contributed by atoms with Gasteiger partial charge in [0.05, 0.1) is 12.1 Å². The van der Waals surface area contributed by atoms with E-state index < -0.39 is 17.7 Å². The molecule has 1 amide bonds. The Labute approximate surface area is 144 Å². The standard InChI is InChI=1S/C19H18F2N2O2/c20-13-5-6-15(16(21)9-13)17-10-14(25-22-17)11-19(24)23-8-7-12-3-1-2-4-18(12)23/h2,4-6,9,14H,1,3,7-8,10-11H2/t14-/m1/s1. The van der Waals surface area contributed by atoms with Gasteiger partial charge in [-0.1, -0.05) is 11.2 Å². The third-order valence-electron chi connectivity index (χ3n) is 4.86. The van der Waals surface area contributed by atoms with Gasteiger partial charge in [-0.3, -0.25) is 4.79 Å². The van der Waals surface area contributed by atoms with Crippen molar-refractivity contribution in [2.45, 2.75) is 38.2 Å². The van der Waals surface area contributed by atoms with Crippen molar-refractivity contribution >= 4 is 11.6 Å². The molecule has 1 aliphatic carbocycles. The minimum Gasteiger partial charge on any atom is -0.391 e. The van der Waals surface area contributed by atoms with Crippen LogP contribution in [0.15, 0.2) is 46.8 Å². The van der Waals surface area contributed by atoms with E-state index in [2.05, 4.69) is 11.2 Å². The smallest absolute Gasteiger partial charge is 0.230 e. The van der Waals surface area contributed by atoms with Gasteiger partial charge in [0.15, 0.2) is 0 Å². The van der Waals surface area contributed by atoms with Crippen LogP contribution in [0.2, 0.25) is 0 Å². The molecule has 4 rings (SSSR count). The second kappa shape index (κ2) is 6.43. The quantitative estimate of drug-likeness (QED) is 0.839. The molecule has 4 nitrogen and oxygen atoms in total. The third kappa shape index (κ3) is 3.08. The summed E-state index contributed by atoms with van der Waals surface area (Å²) in [5.41, 5.74) is 3.00. The van der Waals surface area contributed by atoms with Crippen molar-refractivity contribution in [3.05, 3.63) is 58.8 Å². The Morgan fingerprint density at radius 3 is 3.04 bits per heavy atom. The van der Waals surface area contributed by atoms with E-state index in [1.54, 1.807) is 0 Å². The van der Waals surface area contributed by atoms with Gasteiger partial charge >= 0.3 is 0 Å². The van der Waals surface area contributed by atoms with Crippen molar-refractivity contribution in [3.8, 4) is 0 Å². The molecule has 0 saturated heterocycles. The average Bonchev–Trinajstić information content (AvgIpc) is 3.21. The number of hydrogen-bond donors (Lipinski definition) is 0. The number of allylic oxidation sites excluding steroid dienone is 2. The fourth-order valence-electron chi connectivity index (χ4n) is 3.58. The lowest BCUT2D eigenvalue weighted by Gasteiger charge is -2.21. The van der Waals surface area contributed by atoms with Crippen molar-refractivity contribution in [1.82, 2.24) is 4.90 Å². The zero-order chi connectivity index (χ0) is 17.4. The summed E-state index contributed by atoms with van der Waals surface area (Å²) in [7, 11) is 0. The van der Waals surface area contributed by atoms with Gasteiger partial charge in [-0.2, -0.15) is 0 Å². The fourth-order valence-corrected chi connectivity index (χ4v) is 3.58. The molecule has 0 aromatic heterocycles. The van der Waals surface area contributed by atoms with Crippen LogP contribution in [0, 0.1) is 11.6 Å². The number of hydrogen-bond acceptors (Lipinski definition) is 3. The molecule has 0 spiro atoms. The summed E-state index contributed by atoms with van der Waals surface area (Å²) in [5.74, 6) is -1.31. The zero-order valence-electron chi connectivity index (χ0n) is 13.7. The lowest BCUT2D eigenvalue weighted by molar-refractivity contribution is -0.131. The predicted octanol–water partition coefficient (Wildman–Crippen LogP) is 3.68. The molecule has 1 aromatic rings. The first kappa shape index (κ1) is 16.0. The molecular formula is C19H18F2N2O2. The van der Waals surface area contributed by atoms with Crippen LogP contribution in [0.25, 0.3) is 0 Å². The summed E-state index contributed by atoms with van der Waals surface area (Å²) >= 11 is 0. The van der Waals surface area contributed by atoms with Crippen molar-refractivity contribution in [1.29, 1.82) is 0 Å². The topological polar surface area (TPSA) is 41.9 Å². The van der Waals surface area contributed by atoms with Crippen molar-refractivity contribution < 1.29 is 18.4 Å². The summed E-state index contributed by atoms with van der Waals surface area (Å²) in [6.45, 7) is 0.709. The molecule has 0 radical (unpaired) electrons. The number of rotatable bonds is 3. The molecule has 2 aliphatic heterocycles. The van der Waals surface area contributed by atoms with Crippen molar-refractivity contribution in [3.63, 3.8) is 0 Å². The molecular weight excluding hydrogens is 326 g/mol. The summed E-state index contributed by atoms with van der Waals surface area (Å²) in [6, 6.07) is 3.36. The van der Waals surface area contributed by atoms with Crippen molar-refractivity contribution in [2.24, 2.45) is 5.16 Å². The number of benzene rings is 1. The average molecular weight is 344 g/mol. The van der Waals surface area contributed by atoms with Gasteiger partial charge in [0.2, 0.25) is 5.91 Å². The Morgan fingerprint density at radius 2 is 2.20 bits per heavy atom. The molecule has 0 fully saturated rings. The molecule has 0 bridgehead atoms. The minimum atomic E-state index is -0.670. The van der Waals surface area contributed by atoms with Gasteiger partial charge in [0.1, 0.15) is 17.7 Å². The van der Waals surface area contributed by atoms with Crippen LogP contribution >= 0.6 is 0 Å². The van der Waals surface area contributed by atoms with Gasteiger partial charge < -0.3 is 9.74 Å². The summed E-state index contributed by atoms with van der Waals surface area (Å²) in [6.07, 6.45) is 7.22. The monoisotopic (exact) mass is 344 g/mol. The van der Waals surface area contributed by atoms with Crippen molar-refractivity contribution in [2.75, 3.05) is 6.54 Å². The second-order valence-corrected chi connectivity index (χ2v) is 6.52. The molecule has 1 aromatic carbocycles. The van der Waals surface area contributed by atoms with Gasteiger partial charge in [0.25, 0.3) is 0 Å². The van der Waals surface area contributed by atoms with E-state index in [0.717, 1.165) is 31.0 Å². The van der Waals surface area contributed by atoms with Gasteiger partial charge in [0, 0.05) is 30.3 Å². The molecule has 0 unspecified atom stereocenters. The molecule has 0 N–H and O–H groups in total. The van der Waals surface area contributed by atoms with Crippen LogP contribution in [0.4, 0.5) is 8.78 Å². The Hall–Kier alpha value is -2.50. The molecule has 0 saturated carbocycles. The van der Waals surface area contributed by atoms with Crippen LogP contribution < -0.4 is 0 Å². The highest BCUT2D eigenvalue weighted by molar-refractivity contribution is 6.01. The second-order valence-electron chi connectivity index (χ2n) is 6.52. The van der Waals surface area contributed by atoms with Gasteiger partial charge in [-0.05, 0) is 43.0 Å². The number of oxime groups is 1. The maximum absolute atomic E-state index is 13.9. The Balaban J connectivity index is 1.40. The van der Waals surface area contributed by atoms with Crippen LogP contribution in [0.5, 0.6) is 0 Å². The molecule has 1 atom stereocenters. The first-order chi connectivity index (χ1) is 12.1. The largest absolute Gasteiger partial charge is 0.391 e. The molecule has 6 heteroatoms. The minimum absolute atomic E-state index is 0.00224. The summed E-state index contributed by atoms with van der Waals surface area (Å²) in [4.78, 5) is 19.7. The zero-order valence-corrected chi connectivity index (χ0v) is 13.7. The number of nitrogens with zero attached hydrogens (tertiary/aromatic N) is 2. The van der Waals surface area contributed by atoms with E-state index in [0.29, 0.717) is 18.7 Å². The third-order valence-corrected chi connectivity index (χ3v) is 4.86. The summed E-state index contributed by atoms with van der Waals surface area (Å²) in [5, 5.41) is 3.90. The first-order valence-electron chi connectivity index (χ1n) is 8.49. The maximum Gasteiger partial charge on any atom is 0.230 e. The van der Waals surface area contributed by atoms with Gasteiger partial charge in [-0.25, -0.2) is 8.78 Å². The van der Waals surface area contributed by atoms with E-state index >= 15 is 0 Å². The molecule has 130 valence electrons.